The minimum Gasteiger partial charge on any atom is -0.493 e. The van der Waals surface area contributed by atoms with Crippen LogP contribution in [0.3, 0.4) is 0 Å². The molecule has 0 unspecified atom stereocenters. The van der Waals surface area contributed by atoms with Gasteiger partial charge in [0.2, 0.25) is 0 Å². The van der Waals surface area contributed by atoms with Crippen molar-refractivity contribution in [1.29, 1.82) is 0 Å². The Bertz CT molecular complexity index is 599. The van der Waals surface area contributed by atoms with Crippen molar-refractivity contribution < 1.29 is 4.74 Å². The standard InChI is InChI=1S/C19H27N3O/c1-4-7-8-9-12-23-18-16(6-3)15(5-2)10-11-17(18)19-21-13-20-14-22-19/h10-11,13-14H,4-9,12H2,1-3H3. The molecule has 0 atom stereocenters. The highest BCUT2D eigenvalue weighted by Crippen LogP contribution is 2.34. The summed E-state index contributed by atoms with van der Waals surface area (Å²) in [6.07, 6.45) is 9.83. The molecule has 2 aromatic rings. The van der Waals surface area contributed by atoms with Gasteiger partial charge in [-0.3, -0.25) is 0 Å². The summed E-state index contributed by atoms with van der Waals surface area (Å²) in [4.78, 5) is 12.5. The number of rotatable bonds is 9. The molecule has 23 heavy (non-hydrogen) atoms. The second-order valence-corrected chi connectivity index (χ2v) is 5.66. The summed E-state index contributed by atoms with van der Waals surface area (Å²) in [6, 6.07) is 4.25. The van der Waals surface area contributed by atoms with Crippen molar-refractivity contribution in [3.63, 3.8) is 0 Å². The summed E-state index contributed by atoms with van der Waals surface area (Å²) < 4.78 is 6.20. The van der Waals surface area contributed by atoms with Gasteiger partial charge in [0.05, 0.1) is 12.2 Å². The monoisotopic (exact) mass is 313 g/mol. The van der Waals surface area contributed by atoms with E-state index in [-0.39, 0.29) is 0 Å². The van der Waals surface area contributed by atoms with E-state index in [4.69, 9.17) is 4.74 Å². The summed E-state index contributed by atoms with van der Waals surface area (Å²) in [5.41, 5.74) is 3.59. The van der Waals surface area contributed by atoms with Gasteiger partial charge in [-0.1, -0.05) is 46.1 Å². The summed E-state index contributed by atoms with van der Waals surface area (Å²) >= 11 is 0. The fraction of sp³-hybridized carbons (Fsp3) is 0.526. The van der Waals surface area contributed by atoms with Crippen LogP contribution < -0.4 is 4.74 Å². The van der Waals surface area contributed by atoms with Crippen molar-refractivity contribution in [2.75, 3.05) is 6.61 Å². The second-order valence-electron chi connectivity index (χ2n) is 5.66. The summed E-state index contributed by atoms with van der Waals surface area (Å²) in [5.74, 6) is 1.63. The zero-order chi connectivity index (χ0) is 16.5. The summed E-state index contributed by atoms with van der Waals surface area (Å²) in [6.45, 7) is 7.33. The molecule has 1 aromatic carbocycles. The summed E-state index contributed by atoms with van der Waals surface area (Å²) in [5, 5.41) is 0. The van der Waals surface area contributed by atoms with Crippen LogP contribution in [0, 0.1) is 0 Å². The fourth-order valence-electron chi connectivity index (χ4n) is 2.81. The third-order valence-electron chi connectivity index (χ3n) is 4.07. The molecule has 0 amide bonds. The molecule has 1 aromatic heterocycles. The maximum atomic E-state index is 6.20. The highest BCUT2D eigenvalue weighted by atomic mass is 16.5. The number of aromatic nitrogens is 3. The molecule has 0 saturated carbocycles. The molecule has 0 aliphatic heterocycles. The molecule has 2 rings (SSSR count). The smallest absolute Gasteiger partial charge is 0.166 e. The Morgan fingerprint density at radius 3 is 2.35 bits per heavy atom. The molecule has 4 nitrogen and oxygen atoms in total. The van der Waals surface area contributed by atoms with E-state index in [1.54, 1.807) is 0 Å². The van der Waals surface area contributed by atoms with Crippen LogP contribution in [0.15, 0.2) is 24.8 Å². The molecule has 0 aliphatic rings. The predicted octanol–water partition coefficient (Wildman–Crippen LogP) is 4.62. The van der Waals surface area contributed by atoms with Crippen molar-refractivity contribution in [3.05, 3.63) is 35.9 Å². The van der Waals surface area contributed by atoms with Crippen LogP contribution in [0.5, 0.6) is 5.75 Å². The van der Waals surface area contributed by atoms with Gasteiger partial charge in [0.15, 0.2) is 5.82 Å². The van der Waals surface area contributed by atoms with Crippen molar-refractivity contribution in [2.24, 2.45) is 0 Å². The molecule has 4 heteroatoms. The normalized spacial score (nSPS) is 10.7. The Morgan fingerprint density at radius 1 is 0.913 bits per heavy atom. The SMILES string of the molecule is CCCCCCOc1c(-c2ncncn2)ccc(CC)c1CC. The fourth-order valence-corrected chi connectivity index (χ4v) is 2.81. The molecule has 124 valence electrons. The van der Waals surface area contributed by atoms with E-state index in [2.05, 4.69) is 47.9 Å². The topological polar surface area (TPSA) is 47.9 Å². The Morgan fingerprint density at radius 2 is 1.70 bits per heavy atom. The number of benzene rings is 1. The van der Waals surface area contributed by atoms with Gasteiger partial charge in [-0.15, -0.1) is 0 Å². The minimum absolute atomic E-state index is 0.681. The molecular formula is C19H27N3O. The van der Waals surface area contributed by atoms with E-state index in [0.29, 0.717) is 5.82 Å². The van der Waals surface area contributed by atoms with Crippen molar-refractivity contribution in [3.8, 4) is 17.1 Å². The first kappa shape index (κ1) is 17.4. The van der Waals surface area contributed by atoms with E-state index < -0.39 is 0 Å². The largest absolute Gasteiger partial charge is 0.493 e. The highest BCUT2D eigenvalue weighted by Gasteiger charge is 2.16. The van der Waals surface area contributed by atoms with E-state index in [9.17, 15) is 0 Å². The van der Waals surface area contributed by atoms with Crippen LogP contribution in [0.2, 0.25) is 0 Å². The molecule has 0 saturated heterocycles. The molecule has 1 heterocycles. The Balaban J connectivity index is 2.30. The quantitative estimate of drug-likeness (QED) is 0.634. The third kappa shape index (κ3) is 4.50. The first-order chi connectivity index (χ1) is 11.3. The van der Waals surface area contributed by atoms with Gasteiger partial charge in [-0.25, -0.2) is 15.0 Å². The van der Waals surface area contributed by atoms with Crippen molar-refractivity contribution >= 4 is 0 Å². The highest BCUT2D eigenvalue weighted by molar-refractivity contribution is 5.67. The van der Waals surface area contributed by atoms with Crippen molar-refractivity contribution in [2.45, 2.75) is 59.3 Å². The van der Waals surface area contributed by atoms with E-state index >= 15 is 0 Å². The number of hydrogen-bond donors (Lipinski definition) is 0. The van der Waals surface area contributed by atoms with Crippen molar-refractivity contribution in [1.82, 2.24) is 15.0 Å². The zero-order valence-corrected chi connectivity index (χ0v) is 14.5. The van der Waals surface area contributed by atoms with Gasteiger partial charge in [0.1, 0.15) is 18.4 Å². The minimum atomic E-state index is 0.681. The molecule has 0 fully saturated rings. The van der Waals surface area contributed by atoms with Gasteiger partial charge in [0.25, 0.3) is 0 Å². The van der Waals surface area contributed by atoms with Crippen LogP contribution >= 0.6 is 0 Å². The lowest BCUT2D eigenvalue weighted by atomic mass is 9.98. The Kier molecular flexibility index (Phi) is 6.98. The number of nitrogens with zero attached hydrogens (tertiary/aromatic N) is 3. The maximum absolute atomic E-state index is 6.20. The zero-order valence-electron chi connectivity index (χ0n) is 14.5. The average Bonchev–Trinajstić information content (AvgIpc) is 2.61. The van der Waals surface area contributed by atoms with E-state index in [0.717, 1.165) is 37.2 Å². The number of ether oxygens (including phenoxy) is 1. The Hall–Kier alpha value is -1.97. The van der Waals surface area contributed by atoms with Crippen LogP contribution in [-0.4, -0.2) is 21.6 Å². The lowest BCUT2D eigenvalue weighted by Crippen LogP contribution is -2.05. The van der Waals surface area contributed by atoms with Gasteiger partial charge in [-0.2, -0.15) is 0 Å². The lowest BCUT2D eigenvalue weighted by Gasteiger charge is -2.17. The maximum Gasteiger partial charge on any atom is 0.166 e. The summed E-state index contributed by atoms with van der Waals surface area (Å²) in [7, 11) is 0. The predicted molar refractivity (Wildman–Crippen MR) is 93.7 cm³/mol. The van der Waals surface area contributed by atoms with E-state index in [1.165, 1.54) is 43.0 Å². The second kappa shape index (κ2) is 9.23. The van der Waals surface area contributed by atoms with Gasteiger partial charge < -0.3 is 4.74 Å². The van der Waals surface area contributed by atoms with Crippen LogP contribution in [-0.2, 0) is 12.8 Å². The van der Waals surface area contributed by atoms with Gasteiger partial charge >= 0.3 is 0 Å². The molecular weight excluding hydrogens is 286 g/mol. The molecule has 0 bridgehead atoms. The first-order valence-electron chi connectivity index (χ1n) is 8.71. The van der Waals surface area contributed by atoms with Crippen LogP contribution in [0.4, 0.5) is 0 Å². The number of unbranched alkanes of at least 4 members (excludes halogenated alkanes) is 3. The van der Waals surface area contributed by atoms with Gasteiger partial charge in [0, 0.05) is 0 Å². The Labute approximate surface area is 139 Å². The molecule has 0 N–H and O–H groups in total. The first-order valence-corrected chi connectivity index (χ1v) is 8.71. The number of hydrogen-bond acceptors (Lipinski definition) is 4. The van der Waals surface area contributed by atoms with Crippen LogP contribution in [0.1, 0.15) is 57.6 Å². The van der Waals surface area contributed by atoms with Gasteiger partial charge in [-0.05, 0) is 36.5 Å². The van der Waals surface area contributed by atoms with Crippen LogP contribution in [0.25, 0.3) is 11.4 Å². The van der Waals surface area contributed by atoms with E-state index in [1.807, 2.05) is 0 Å². The molecule has 0 aliphatic carbocycles. The molecule has 0 radical (unpaired) electrons. The number of aryl methyl sites for hydroxylation is 1. The lowest BCUT2D eigenvalue weighted by molar-refractivity contribution is 0.303. The third-order valence-corrected chi connectivity index (χ3v) is 4.07. The molecule has 0 spiro atoms. The average molecular weight is 313 g/mol.